The highest BCUT2D eigenvalue weighted by molar-refractivity contribution is 7.27. The van der Waals surface area contributed by atoms with E-state index < -0.39 is 0 Å². The molecule has 0 saturated heterocycles. The summed E-state index contributed by atoms with van der Waals surface area (Å²) in [6, 6.07) is 38.7. The molecular weight excluding hydrogens is 347 g/mol. The van der Waals surface area contributed by atoms with Crippen LogP contribution in [0.15, 0.2) is 115 Å². The van der Waals surface area contributed by atoms with E-state index in [1.54, 1.807) is 0 Å². The van der Waals surface area contributed by atoms with Crippen LogP contribution in [-0.4, -0.2) is 0 Å². The first-order valence-electron chi connectivity index (χ1n) is 8.85. The normalized spacial score (nSPS) is 9.67. The maximum absolute atomic E-state index is 3.43. The largest absolute Gasteiger partial charge is 0.354 e. The number of nitrogens with one attached hydrogen (secondary N) is 2. The van der Waals surface area contributed by atoms with Crippen LogP contribution < -0.4 is 15.9 Å². The summed E-state index contributed by atoms with van der Waals surface area (Å²) in [7, 11) is 2.63. The molecule has 0 aromatic heterocycles. The molecule has 2 nitrogen and oxygen atoms in total. The zero-order valence-corrected chi connectivity index (χ0v) is 16.2. The van der Waals surface area contributed by atoms with Gasteiger partial charge >= 0.3 is 0 Å². The van der Waals surface area contributed by atoms with Gasteiger partial charge in [-0.15, -0.1) is 9.24 Å². The molecule has 4 aromatic rings. The summed E-state index contributed by atoms with van der Waals surface area (Å²) in [4.78, 5) is 0. The summed E-state index contributed by atoms with van der Waals surface area (Å²) in [5.74, 6) is 0. The minimum Gasteiger partial charge on any atom is -0.354 e. The molecule has 3 heteroatoms. The van der Waals surface area contributed by atoms with Crippen molar-refractivity contribution in [2.24, 2.45) is 0 Å². The third-order valence-electron chi connectivity index (χ3n) is 3.83. The number of benzene rings is 4. The van der Waals surface area contributed by atoms with Crippen LogP contribution in [-0.2, 0) is 0 Å². The molecule has 0 radical (unpaired) electrons. The Bertz CT molecular complexity index is 865. The first-order chi connectivity index (χ1) is 13.3. The van der Waals surface area contributed by atoms with Crippen molar-refractivity contribution in [1.82, 2.24) is 0 Å². The summed E-state index contributed by atoms with van der Waals surface area (Å²) >= 11 is 0. The van der Waals surface area contributed by atoms with Crippen LogP contribution in [0.1, 0.15) is 0 Å². The fourth-order valence-electron chi connectivity index (χ4n) is 2.51. The van der Waals surface area contributed by atoms with Crippen LogP contribution in [0.3, 0.4) is 0 Å². The number of hydrogen-bond acceptors (Lipinski definition) is 2. The Morgan fingerprint density at radius 1 is 0.407 bits per heavy atom. The van der Waals surface area contributed by atoms with Crippen molar-refractivity contribution >= 4 is 37.3 Å². The second-order valence-corrected chi connectivity index (χ2v) is 6.60. The standard InChI is InChI=1S/C18H16N2.C6H7P/c1-3-9-15(10-4-1)19-17-13-7-8-14-18(17)20-16-11-5-2-6-12-16;7-6-4-2-1-3-5-6/h1-14,19-20H;1-5H,7H2. The van der Waals surface area contributed by atoms with Gasteiger partial charge in [0.2, 0.25) is 0 Å². The molecule has 0 aliphatic rings. The molecule has 27 heavy (non-hydrogen) atoms. The van der Waals surface area contributed by atoms with Crippen molar-refractivity contribution in [1.29, 1.82) is 0 Å². The zero-order valence-electron chi connectivity index (χ0n) is 15.0. The molecular formula is C24H23N2P. The van der Waals surface area contributed by atoms with E-state index in [0.29, 0.717) is 0 Å². The van der Waals surface area contributed by atoms with Crippen molar-refractivity contribution in [3.05, 3.63) is 115 Å². The van der Waals surface area contributed by atoms with Crippen LogP contribution >= 0.6 is 9.24 Å². The molecule has 1 atom stereocenters. The van der Waals surface area contributed by atoms with E-state index in [0.717, 1.165) is 22.7 Å². The van der Waals surface area contributed by atoms with Crippen LogP contribution in [0.4, 0.5) is 22.7 Å². The lowest BCUT2D eigenvalue weighted by molar-refractivity contribution is 1.50. The molecule has 0 amide bonds. The summed E-state index contributed by atoms with van der Waals surface area (Å²) in [6.07, 6.45) is 0. The maximum atomic E-state index is 3.43. The van der Waals surface area contributed by atoms with Gasteiger partial charge < -0.3 is 10.6 Å². The number of rotatable bonds is 4. The molecule has 0 spiro atoms. The van der Waals surface area contributed by atoms with Crippen molar-refractivity contribution in [2.75, 3.05) is 10.6 Å². The van der Waals surface area contributed by atoms with Gasteiger partial charge in [-0.3, -0.25) is 0 Å². The molecule has 4 aromatic carbocycles. The highest BCUT2D eigenvalue weighted by Crippen LogP contribution is 2.27. The lowest BCUT2D eigenvalue weighted by Crippen LogP contribution is -1.96. The number of anilines is 4. The Labute approximate surface area is 163 Å². The van der Waals surface area contributed by atoms with Crippen molar-refractivity contribution in [3.63, 3.8) is 0 Å². The Morgan fingerprint density at radius 3 is 1.07 bits per heavy atom. The fraction of sp³-hybridized carbons (Fsp3) is 0. The summed E-state index contributed by atoms with van der Waals surface area (Å²) < 4.78 is 0. The first kappa shape index (κ1) is 18.7. The molecule has 4 rings (SSSR count). The Kier molecular flexibility index (Phi) is 7.03. The number of hydrogen-bond donors (Lipinski definition) is 2. The van der Waals surface area contributed by atoms with Gasteiger partial charge in [0.15, 0.2) is 0 Å². The zero-order chi connectivity index (χ0) is 18.7. The van der Waals surface area contributed by atoms with Gasteiger partial charge in [0.05, 0.1) is 11.4 Å². The SMILES string of the molecule is Pc1ccccc1.c1ccc(Nc2ccccc2Nc2ccccc2)cc1. The van der Waals surface area contributed by atoms with E-state index in [-0.39, 0.29) is 0 Å². The van der Waals surface area contributed by atoms with Gasteiger partial charge in [0.25, 0.3) is 0 Å². The fourth-order valence-corrected chi connectivity index (χ4v) is 2.73. The summed E-state index contributed by atoms with van der Waals surface area (Å²) in [5, 5.41) is 8.10. The van der Waals surface area contributed by atoms with Gasteiger partial charge in [-0.2, -0.15) is 0 Å². The van der Waals surface area contributed by atoms with Gasteiger partial charge in [-0.25, -0.2) is 0 Å². The molecule has 0 heterocycles. The first-order valence-corrected chi connectivity index (χ1v) is 9.43. The molecule has 1 unspecified atom stereocenters. The monoisotopic (exact) mass is 370 g/mol. The third-order valence-corrected chi connectivity index (χ3v) is 4.22. The minimum absolute atomic E-state index is 1.06. The smallest absolute Gasteiger partial charge is 0.0623 e. The molecule has 134 valence electrons. The second-order valence-electron chi connectivity index (χ2n) is 5.94. The van der Waals surface area contributed by atoms with Gasteiger partial charge in [0.1, 0.15) is 0 Å². The average molecular weight is 370 g/mol. The molecule has 0 fully saturated rings. The lowest BCUT2D eigenvalue weighted by atomic mass is 10.2. The summed E-state index contributed by atoms with van der Waals surface area (Å²) in [5.41, 5.74) is 4.27. The van der Waals surface area contributed by atoms with E-state index >= 15 is 0 Å². The molecule has 0 aliphatic heterocycles. The van der Waals surface area contributed by atoms with Crippen molar-refractivity contribution < 1.29 is 0 Å². The topological polar surface area (TPSA) is 24.1 Å². The van der Waals surface area contributed by atoms with Gasteiger partial charge in [-0.05, 0) is 41.7 Å². The predicted molar refractivity (Wildman–Crippen MR) is 122 cm³/mol. The van der Waals surface area contributed by atoms with E-state index in [4.69, 9.17) is 0 Å². The van der Waals surface area contributed by atoms with Gasteiger partial charge in [0, 0.05) is 11.4 Å². The minimum atomic E-state index is 1.06. The van der Waals surface area contributed by atoms with E-state index in [1.165, 1.54) is 5.30 Å². The molecule has 2 N–H and O–H groups in total. The molecule has 0 bridgehead atoms. The lowest BCUT2D eigenvalue weighted by Gasteiger charge is -2.13. The second kappa shape index (κ2) is 10.2. The van der Waals surface area contributed by atoms with Crippen molar-refractivity contribution in [2.45, 2.75) is 0 Å². The third kappa shape index (κ3) is 6.29. The Hall–Kier alpha value is -3.09. The van der Waals surface area contributed by atoms with Crippen molar-refractivity contribution in [3.8, 4) is 0 Å². The van der Waals surface area contributed by atoms with E-state index in [9.17, 15) is 0 Å². The van der Waals surface area contributed by atoms with Crippen LogP contribution in [0, 0.1) is 0 Å². The number of para-hydroxylation sites is 4. The predicted octanol–water partition coefficient (Wildman–Crippen LogP) is 6.36. The molecule has 0 aliphatic carbocycles. The van der Waals surface area contributed by atoms with Gasteiger partial charge in [-0.1, -0.05) is 78.9 Å². The van der Waals surface area contributed by atoms with Crippen LogP contribution in [0.5, 0.6) is 0 Å². The average Bonchev–Trinajstić information content (AvgIpc) is 2.72. The Morgan fingerprint density at radius 2 is 0.741 bits per heavy atom. The van der Waals surface area contributed by atoms with Crippen LogP contribution in [0.2, 0.25) is 0 Å². The molecule has 0 saturated carbocycles. The maximum Gasteiger partial charge on any atom is 0.0623 e. The van der Waals surface area contributed by atoms with Crippen LogP contribution in [0.25, 0.3) is 0 Å². The summed E-state index contributed by atoms with van der Waals surface area (Å²) in [6.45, 7) is 0. The Balaban J connectivity index is 0.000000253. The van der Waals surface area contributed by atoms with E-state index in [2.05, 4.69) is 56.3 Å². The quantitative estimate of drug-likeness (QED) is 0.408. The highest BCUT2D eigenvalue weighted by atomic mass is 31.0. The highest BCUT2D eigenvalue weighted by Gasteiger charge is 2.02. The van der Waals surface area contributed by atoms with E-state index in [1.807, 2.05) is 78.9 Å².